The van der Waals surface area contributed by atoms with E-state index in [0.29, 0.717) is 11.5 Å². The summed E-state index contributed by atoms with van der Waals surface area (Å²) in [7, 11) is 0. The summed E-state index contributed by atoms with van der Waals surface area (Å²) >= 11 is 1.41. The van der Waals surface area contributed by atoms with Gasteiger partial charge in [0.15, 0.2) is 6.29 Å². The van der Waals surface area contributed by atoms with E-state index >= 15 is 0 Å². The molecule has 0 bridgehead atoms. The van der Waals surface area contributed by atoms with Crippen molar-refractivity contribution in [2.24, 2.45) is 0 Å². The molecule has 3 heterocycles. The van der Waals surface area contributed by atoms with Crippen LogP contribution in [-0.2, 0) is 9.57 Å². The zero-order valence-electron chi connectivity index (χ0n) is 12.8. The average Bonchev–Trinajstić information content (AvgIpc) is 3.12. The lowest BCUT2D eigenvalue weighted by Gasteiger charge is -2.22. The molecule has 0 saturated carbocycles. The molecule has 5 nitrogen and oxygen atoms in total. The minimum Gasteiger partial charge on any atom is -0.350 e. The van der Waals surface area contributed by atoms with Crippen molar-refractivity contribution in [3.63, 3.8) is 0 Å². The monoisotopic (exact) mass is 320 g/mol. The van der Waals surface area contributed by atoms with E-state index in [1.807, 2.05) is 37.4 Å². The van der Waals surface area contributed by atoms with Crippen LogP contribution in [0.2, 0.25) is 0 Å². The van der Waals surface area contributed by atoms with E-state index in [0.717, 1.165) is 36.3 Å². The molecule has 1 N–H and O–H groups in total. The second-order valence-electron chi connectivity index (χ2n) is 5.43. The minimum atomic E-state index is -0.337. The van der Waals surface area contributed by atoms with Crippen LogP contribution < -0.4 is 5.48 Å². The fraction of sp³-hybridized carbons (Fsp3) is 0.438. The van der Waals surface area contributed by atoms with Gasteiger partial charge in [-0.05, 0) is 50.3 Å². The smallest absolute Gasteiger partial charge is 0.287 e. The predicted molar refractivity (Wildman–Crippen MR) is 85.3 cm³/mol. The Morgan fingerprint density at radius 2 is 2.09 bits per heavy atom. The van der Waals surface area contributed by atoms with E-state index < -0.39 is 0 Å². The molecule has 0 aliphatic carbocycles. The van der Waals surface area contributed by atoms with Gasteiger partial charge in [0.2, 0.25) is 0 Å². The van der Waals surface area contributed by atoms with Crippen molar-refractivity contribution in [1.29, 1.82) is 0 Å². The molecule has 0 spiro atoms. The minimum absolute atomic E-state index is 0.230. The van der Waals surface area contributed by atoms with Crippen molar-refractivity contribution in [3.8, 4) is 5.69 Å². The summed E-state index contributed by atoms with van der Waals surface area (Å²) in [6.45, 7) is 4.74. The van der Waals surface area contributed by atoms with Crippen molar-refractivity contribution >= 4 is 17.2 Å². The van der Waals surface area contributed by atoms with Gasteiger partial charge in [-0.1, -0.05) is 0 Å². The quantitative estimate of drug-likeness (QED) is 0.879. The summed E-state index contributed by atoms with van der Waals surface area (Å²) in [6.07, 6.45) is 2.59. The van der Waals surface area contributed by atoms with Crippen LogP contribution in [0.5, 0.6) is 0 Å². The molecule has 1 amide bonds. The first-order valence-corrected chi connectivity index (χ1v) is 8.35. The fourth-order valence-electron chi connectivity index (χ4n) is 2.67. The highest BCUT2D eigenvalue weighted by Crippen LogP contribution is 2.25. The van der Waals surface area contributed by atoms with Crippen molar-refractivity contribution in [2.75, 3.05) is 6.61 Å². The molecule has 3 rings (SSSR count). The van der Waals surface area contributed by atoms with E-state index in [9.17, 15) is 4.79 Å². The summed E-state index contributed by atoms with van der Waals surface area (Å²) < 4.78 is 7.52. The number of thiophene rings is 1. The zero-order valence-corrected chi connectivity index (χ0v) is 13.6. The van der Waals surface area contributed by atoms with E-state index in [1.165, 1.54) is 11.3 Å². The second-order valence-corrected chi connectivity index (χ2v) is 6.35. The summed E-state index contributed by atoms with van der Waals surface area (Å²) in [5.41, 5.74) is 5.61. The number of nitrogens with one attached hydrogen (secondary N) is 1. The molecule has 0 radical (unpaired) electrons. The maximum Gasteiger partial charge on any atom is 0.287 e. The van der Waals surface area contributed by atoms with Crippen LogP contribution >= 0.6 is 11.3 Å². The average molecular weight is 320 g/mol. The number of rotatable bonds is 4. The molecular weight excluding hydrogens is 300 g/mol. The van der Waals surface area contributed by atoms with E-state index in [2.05, 4.69) is 10.0 Å². The summed E-state index contributed by atoms with van der Waals surface area (Å²) in [5.74, 6) is -0.230. The molecule has 1 aliphatic heterocycles. The number of hydrogen-bond donors (Lipinski definition) is 1. The molecule has 0 unspecified atom stereocenters. The third kappa shape index (κ3) is 3.09. The molecular formula is C16H20N2O3S. The Kier molecular flexibility index (Phi) is 4.61. The zero-order chi connectivity index (χ0) is 15.5. The van der Waals surface area contributed by atoms with Crippen LogP contribution in [0.15, 0.2) is 23.6 Å². The van der Waals surface area contributed by atoms with Gasteiger partial charge in [0.25, 0.3) is 5.91 Å². The van der Waals surface area contributed by atoms with Gasteiger partial charge in [-0.15, -0.1) is 11.3 Å². The van der Waals surface area contributed by atoms with Gasteiger partial charge >= 0.3 is 0 Å². The number of ether oxygens (including phenoxy) is 1. The Balaban J connectivity index is 1.72. The Labute approximate surface area is 133 Å². The van der Waals surface area contributed by atoms with Crippen molar-refractivity contribution in [3.05, 3.63) is 39.8 Å². The Bertz CT molecular complexity index is 637. The number of hydrogen-bond acceptors (Lipinski definition) is 4. The first-order valence-electron chi connectivity index (χ1n) is 7.47. The van der Waals surface area contributed by atoms with Gasteiger partial charge < -0.3 is 9.30 Å². The van der Waals surface area contributed by atoms with Gasteiger partial charge in [0.05, 0.1) is 5.69 Å². The Morgan fingerprint density at radius 3 is 2.77 bits per heavy atom. The topological polar surface area (TPSA) is 52.5 Å². The van der Waals surface area contributed by atoms with Crippen molar-refractivity contribution in [2.45, 2.75) is 39.4 Å². The molecule has 0 aromatic carbocycles. The first-order chi connectivity index (χ1) is 10.7. The summed E-state index contributed by atoms with van der Waals surface area (Å²) in [4.78, 5) is 18.4. The SMILES string of the molecule is Cc1ccc(C)n1-c1ccsc1C(=O)NO[C@H]1CCCCO1. The number of hydroxylamine groups is 1. The maximum absolute atomic E-state index is 12.4. The van der Waals surface area contributed by atoms with Gasteiger partial charge in [-0.3, -0.25) is 4.79 Å². The molecule has 1 saturated heterocycles. The van der Waals surface area contributed by atoms with Crippen molar-refractivity contribution < 1.29 is 14.4 Å². The number of carbonyl (C=O) groups excluding carboxylic acids is 1. The molecule has 1 atom stereocenters. The van der Waals surface area contributed by atoms with Crippen molar-refractivity contribution in [1.82, 2.24) is 10.0 Å². The number of aromatic nitrogens is 1. The van der Waals surface area contributed by atoms with Crippen LogP contribution in [0.1, 0.15) is 40.3 Å². The van der Waals surface area contributed by atoms with Crippen LogP contribution in [0, 0.1) is 13.8 Å². The Hall–Kier alpha value is -1.63. The maximum atomic E-state index is 12.4. The molecule has 1 fully saturated rings. The van der Waals surface area contributed by atoms with Crippen LogP contribution in [0.4, 0.5) is 0 Å². The highest BCUT2D eigenvalue weighted by Gasteiger charge is 2.20. The molecule has 22 heavy (non-hydrogen) atoms. The lowest BCUT2D eigenvalue weighted by Crippen LogP contribution is -2.33. The molecule has 2 aromatic heterocycles. The molecule has 2 aromatic rings. The predicted octanol–water partition coefficient (Wildman–Crippen LogP) is 3.34. The largest absolute Gasteiger partial charge is 0.350 e. The summed E-state index contributed by atoms with van der Waals surface area (Å²) in [6, 6.07) is 6.04. The van der Waals surface area contributed by atoms with Crippen LogP contribution in [0.3, 0.4) is 0 Å². The number of aryl methyl sites for hydroxylation is 2. The van der Waals surface area contributed by atoms with Crippen LogP contribution in [0.25, 0.3) is 5.69 Å². The van der Waals surface area contributed by atoms with Gasteiger partial charge in [-0.2, -0.15) is 0 Å². The third-order valence-electron chi connectivity index (χ3n) is 3.78. The first kappa shape index (κ1) is 15.3. The molecule has 1 aliphatic rings. The molecule has 6 heteroatoms. The van der Waals surface area contributed by atoms with E-state index in [1.54, 1.807) is 0 Å². The fourth-order valence-corrected chi connectivity index (χ4v) is 3.43. The normalized spacial score (nSPS) is 18.4. The summed E-state index contributed by atoms with van der Waals surface area (Å²) in [5, 5.41) is 1.92. The highest BCUT2D eigenvalue weighted by atomic mass is 32.1. The molecule has 118 valence electrons. The number of nitrogens with zero attached hydrogens (tertiary/aromatic N) is 1. The lowest BCUT2D eigenvalue weighted by atomic mass is 10.2. The van der Waals surface area contributed by atoms with Gasteiger partial charge in [0.1, 0.15) is 4.88 Å². The number of amides is 1. The third-order valence-corrected chi connectivity index (χ3v) is 4.69. The second kappa shape index (κ2) is 6.64. The Morgan fingerprint density at radius 1 is 1.32 bits per heavy atom. The van der Waals surface area contributed by atoms with E-state index in [4.69, 9.17) is 9.57 Å². The van der Waals surface area contributed by atoms with Crippen LogP contribution in [-0.4, -0.2) is 23.4 Å². The number of carbonyl (C=O) groups is 1. The standard InChI is InChI=1S/C16H20N2O3S/c1-11-6-7-12(2)18(11)13-8-10-22-15(13)16(19)17-21-14-5-3-4-9-20-14/h6-8,10,14H,3-5,9H2,1-2H3,(H,17,19)/t14-/m0/s1. The lowest BCUT2D eigenvalue weighted by molar-refractivity contribution is -0.186. The van der Waals surface area contributed by atoms with E-state index in [-0.39, 0.29) is 12.2 Å². The van der Waals surface area contributed by atoms with Gasteiger partial charge in [-0.25, -0.2) is 10.3 Å². The highest BCUT2D eigenvalue weighted by molar-refractivity contribution is 7.12. The van der Waals surface area contributed by atoms with Gasteiger partial charge in [0, 0.05) is 24.4 Å².